The fourth-order valence-electron chi connectivity index (χ4n) is 2.80. The highest BCUT2D eigenvalue weighted by Gasteiger charge is 2.39. The molecule has 0 radical (unpaired) electrons. The Labute approximate surface area is 160 Å². The van der Waals surface area contributed by atoms with E-state index >= 15 is 0 Å². The van der Waals surface area contributed by atoms with Gasteiger partial charge in [0.25, 0.3) is 11.8 Å². The number of hydrogen-bond acceptors (Lipinski definition) is 4. The zero-order chi connectivity index (χ0) is 18.7. The number of rotatable bonds is 6. The van der Waals surface area contributed by atoms with E-state index in [1.54, 1.807) is 18.2 Å². The quantitative estimate of drug-likeness (QED) is 0.578. The Morgan fingerprint density at radius 1 is 1.15 bits per heavy atom. The summed E-state index contributed by atoms with van der Waals surface area (Å²) in [6.07, 6.45) is 1.53. The van der Waals surface area contributed by atoms with Crippen LogP contribution in [0.1, 0.15) is 5.56 Å². The second kappa shape index (κ2) is 7.58. The van der Waals surface area contributed by atoms with Crippen molar-refractivity contribution in [3.8, 4) is 5.75 Å². The van der Waals surface area contributed by atoms with Gasteiger partial charge in [0.05, 0.1) is 12.7 Å². The van der Waals surface area contributed by atoms with Crippen LogP contribution < -0.4 is 10.1 Å². The van der Waals surface area contributed by atoms with Gasteiger partial charge < -0.3 is 10.1 Å². The summed E-state index contributed by atoms with van der Waals surface area (Å²) in [5, 5.41) is 3.10. The van der Waals surface area contributed by atoms with Crippen molar-refractivity contribution in [3.05, 3.63) is 76.9 Å². The van der Waals surface area contributed by atoms with Gasteiger partial charge in [-0.3, -0.25) is 14.5 Å². The van der Waals surface area contributed by atoms with Gasteiger partial charge in [0.1, 0.15) is 11.4 Å². The first-order chi connectivity index (χ1) is 12.6. The summed E-state index contributed by atoms with van der Waals surface area (Å²) in [5.41, 5.74) is 1.77. The van der Waals surface area contributed by atoms with Crippen LogP contribution in [0.15, 0.2) is 71.4 Å². The van der Waals surface area contributed by atoms with Crippen LogP contribution in [0.2, 0.25) is 0 Å². The van der Waals surface area contributed by atoms with Gasteiger partial charge in [0.2, 0.25) is 0 Å². The second-order valence-electron chi connectivity index (χ2n) is 5.60. The van der Waals surface area contributed by atoms with E-state index in [1.165, 1.54) is 13.2 Å². The Morgan fingerprint density at radius 2 is 1.92 bits per heavy atom. The summed E-state index contributed by atoms with van der Waals surface area (Å²) in [7, 11) is 1.53. The van der Waals surface area contributed by atoms with Crippen LogP contribution >= 0.6 is 15.9 Å². The first-order valence-electron chi connectivity index (χ1n) is 7.94. The summed E-state index contributed by atoms with van der Waals surface area (Å²) in [4.78, 5) is 27.0. The molecule has 26 heavy (non-hydrogen) atoms. The molecule has 6 heteroatoms. The molecule has 0 aromatic heterocycles. The number of methoxy groups -OCH3 is 1. The topological polar surface area (TPSA) is 58.6 Å². The maximum Gasteiger partial charge on any atom is 0.278 e. The van der Waals surface area contributed by atoms with Crippen LogP contribution in [0.3, 0.4) is 0 Å². The number of ether oxygens (including phenoxy) is 1. The largest absolute Gasteiger partial charge is 0.496 e. The zero-order valence-electron chi connectivity index (χ0n) is 14.2. The molecule has 2 aromatic rings. The number of para-hydroxylation sites is 1. The lowest BCUT2D eigenvalue weighted by molar-refractivity contribution is -0.136. The van der Waals surface area contributed by atoms with Crippen molar-refractivity contribution >= 4 is 39.0 Å². The summed E-state index contributed by atoms with van der Waals surface area (Å²) in [5.74, 6) is -0.245. The van der Waals surface area contributed by atoms with E-state index in [-0.39, 0.29) is 23.7 Å². The Bertz CT molecular complexity index is 921. The molecule has 0 aliphatic carbocycles. The third-order valence-corrected chi connectivity index (χ3v) is 4.44. The fraction of sp³-hybridized carbons (Fsp3) is 0.100. The number of nitrogens with zero attached hydrogens (tertiary/aromatic N) is 1. The van der Waals surface area contributed by atoms with Crippen LogP contribution in [-0.2, 0) is 9.59 Å². The van der Waals surface area contributed by atoms with Crippen LogP contribution in [-0.4, -0.2) is 30.4 Å². The van der Waals surface area contributed by atoms with E-state index in [2.05, 4.69) is 27.8 Å². The van der Waals surface area contributed by atoms with Gasteiger partial charge in [-0.25, -0.2) is 0 Å². The Morgan fingerprint density at radius 3 is 2.62 bits per heavy atom. The normalized spacial score (nSPS) is 14.0. The lowest BCUT2D eigenvalue weighted by Crippen LogP contribution is -2.32. The maximum atomic E-state index is 12.9. The van der Waals surface area contributed by atoms with Crippen LogP contribution in [0.5, 0.6) is 5.75 Å². The Balaban J connectivity index is 2.14. The molecule has 0 bridgehead atoms. The van der Waals surface area contributed by atoms with Crippen molar-refractivity contribution in [2.75, 3.05) is 19.0 Å². The summed E-state index contributed by atoms with van der Waals surface area (Å²) < 4.78 is 6.25. The molecule has 0 saturated heterocycles. The zero-order valence-corrected chi connectivity index (χ0v) is 15.7. The Kier molecular flexibility index (Phi) is 5.23. The van der Waals surface area contributed by atoms with Gasteiger partial charge in [-0.05, 0) is 24.3 Å². The van der Waals surface area contributed by atoms with E-state index in [1.807, 2.05) is 30.3 Å². The minimum absolute atomic E-state index is 0.139. The molecule has 5 nitrogen and oxygen atoms in total. The van der Waals surface area contributed by atoms with Crippen LogP contribution in [0, 0.1) is 0 Å². The average Bonchev–Trinajstić information content (AvgIpc) is 2.86. The molecule has 0 unspecified atom stereocenters. The number of carbonyl (C=O) groups is 2. The molecule has 1 heterocycles. The van der Waals surface area contributed by atoms with Gasteiger partial charge >= 0.3 is 0 Å². The molecule has 0 atom stereocenters. The number of benzene rings is 2. The smallest absolute Gasteiger partial charge is 0.278 e. The van der Waals surface area contributed by atoms with Crippen molar-refractivity contribution in [1.29, 1.82) is 0 Å². The lowest BCUT2D eigenvalue weighted by atomic mass is 10.0. The highest BCUT2D eigenvalue weighted by molar-refractivity contribution is 9.10. The molecule has 1 aliphatic rings. The predicted octanol–water partition coefficient (Wildman–Crippen LogP) is 3.84. The minimum atomic E-state index is -0.393. The number of halogens is 1. The van der Waals surface area contributed by atoms with Gasteiger partial charge in [0.15, 0.2) is 0 Å². The molecule has 2 amide bonds. The first-order valence-corrected chi connectivity index (χ1v) is 8.73. The van der Waals surface area contributed by atoms with E-state index in [9.17, 15) is 9.59 Å². The second-order valence-corrected chi connectivity index (χ2v) is 6.51. The molecule has 2 aromatic carbocycles. The number of amides is 2. The summed E-state index contributed by atoms with van der Waals surface area (Å²) in [6.45, 7) is 3.77. The van der Waals surface area contributed by atoms with Crippen molar-refractivity contribution in [2.24, 2.45) is 0 Å². The average molecular weight is 413 g/mol. The number of imide groups is 1. The predicted molar refractivity (Wildman–Crippen MR) is 105 cm³/mol. The molecule has 0 spiro atoms. The van der Waals surface area contributed by atoms with E-state index in [4.69, 9.17) is 4.74 Å². The number of hydrogen-bond donors (Lipinski definition) is 1. The van der Waals surface area contributed by atoms with Crippen molar-refractivity contribution < 1.29 is 14.3 Å². The monoisotopic (exact) mass is 412 g/mol. The number of anilines is 1. The molecule has 1 N–H and O–H groups in total. The highest BCUT2D eigenvalue weighted by Crippen LogP contribution is 2.35. The van der Waals surface area contributed by atoms with Crippen molar-refractivity contribution in [2.45, 2.75) is 0 Å². The van der Waals surface area contributed by atoms with Gasteiger partial charge in [0, 0.05) is 22.3 Å². The third kappa shape index (κ3) is 3.28. The molecular formula is C20H17BrN2O3. The molecule has 1 aliphatic heterocycles. The fourth-order valence-corrected chi connectivity index (χ4v) is 3.20. The van der Waals surface area contributed by atoms with Crippen molar-refractivity contribution in [1.82, 2.24) is 4.90 Å². The van der Waals surface area contributed by atoms with E-state index in [0.29, 0.717) is 17.0 Å². The lowest BCUT2D eigenvalue weighted by Gasteiger charge is -2.12. The SMILES string of the molecule is C=CCN1C(=O)C(Nc2cccc(Br)c2)=C(c2ccccc2OC)C1=O. The third-order valence-electron chi connectivity index (χ3n) is 3.95. The maximum absolute atomic E-state index is 12.9. The standard InChI is InChI=1S/C20H17BrN2O3/c1-3-11-23-19(24)17(15-9-4-5-10-16(15)26-2)18(20(23)25)22-14-8-6-7-13(21)12-14/h3-10,12,22H,1,11H2,2H3. The molecule has 0 fully saturated rings. The molecule has 0 saturated carbocycles. The van der Waals surface area contributed by atoms with E-state index in [0.717, 1.165) is 9.37 Å². The minimum Gasteiger partial charge on any atom is -0.496 e. The highest BCUT2D eigenvalue weighted by atomic mass is 79.9. The van der Waals surface area contributed by atoms with E-state index < -0.39 is 5.91 Å². The van der Waals surface area contributed by atoms with Crippen LogP contribution in [0.25, 0.3) is 5.57 Å². The van der Waals surface area contributed by atoms with Crippen molar-refractivity contribution in [3.63, 3.8) is 0 Å². The van der Waals surface area contributed by atoms with Gasteiger partial charge in [-0.2, -0.15) is 0 Å². The summed E-state index contributed by atoms with van der Waals surface area (Å²) >= 11 is 3.41. The van der Waals surface area contributed by atoms with Gasteiger partial charge in [-0.1, -0.05) is 46.3 Å². The molecule has 3 rings (SSSR count). The number of carbonyl (C=O) groups excluding carboxylic acids is 2. The van der Waals surface area contributed by atoms with Crippen LogP contribution in [0.4, 0.5) is 5.69 Å². The van der Waals surface area contributed by atoms with Gasteiger partial charge in [-0.15, -0.1) is 6.58 Å². The summed E-state index contributed by atoms with van der Waals surface area (Å²) in [6, 6.07) is 14.5. The first kappa shape index (κ1) is 17.9. The number of nitrogens with one attached hydrogen (secondary N) is 1. The molecule has 132 valence electrons. The molecular weight excluding hydrogens is 396 g/mol. The Hall–Kier alpha value is -2.86.